The van der Waals surface area contributed by atoms with Crippen LogP contribution in [0.2, 0.25) is 0 Å². The molecule has 1 spiro atoms. The van der Waals surface area contributed by atoms with Crippen LogP contribution in [0.15, 0.2) is 0 Å². The third-order valence-electron chi connectivity index (χ3n) is 4.75. The summed E-state index contributed by atoms with van der Waals surface area (Å²) in [6, 6.07) is -0.520. The van der Waals surface area contributed by atoms with Gasteiger partial charge in [0.15, 0.2) is 5.60 Å². The first-order chi connectivity index (χ1) is 9.13. The molecule has 1 aliphatic carbocycles. The first kappa shape index (κ1) is 15.2. The first-order valence-corrected chi connectivity index (χ1v) is 7.34. The van der Waals surface area contributed by atoms with E-state index in [2.05, 4.69) is 10.1 Å². The Kier molecular flexibility index (Phi) is 4.81. The van der Waals surface area contributed by atoms with Gasteiger partial charge in [0.25, 0.3) is 0 Å². The van der Waals surface area contributed by atoms with Crippen LogP contribution in [0.5, 0.6) is 0 Å². The monoisotopic (exact) mass is 274 g/mol. The summed E-state index contributed by atoms with van der Waals surface area (Å²) in [4.78, 5) is 11.1. The van der Waals surface area contributed by atoms with Crippen LogP contribution in [0.3, 0.4) is 0 Å². The van der Waals surface area contributed by atoms with Crippen LogP contribution in [0, 0.1) is 0 Å². The molecule has 1 saturated heterocycles. The molecule has 0 amide bonds. The Morgan fingerprint density at radius 2 is 1.42 bits per heavy atom. The zero-order valence-corrected chi connectivity index (χ0v) is 11.9. The Balaban J connectivity index is 2.40. The predicted octanol–water partition coefficient (Wildman–Crippen LogP) is 1.73. The van der Waals surface area contributed by atoms with Crippen molar-refractivity contribution in [1.29, 1.82) is 0 Å². The van der Waals surface area contributed by atoms with E-state index in [0.717, 1.165) is 38.5 Å². The highest BCUT2D eigenvalue weighted by Gasteiger charge is 2.64. The lowest BCUT2D eigenvalue weighted by Gasteiger charge is -2.55. The van der Waals surface area contributed by atoms with E-state index < -0.39 is 11.2 Å². The van der Waals surface area contributed by atoms with Gasteiger partial charge < -0.3 is 11.5 Å². The van der Waals surface area contributed by atoms with Gasteiger partial charge in [-0.1, -0.05) is 33.1 Å². The molecule has 0 aromatic rings. The van der Waals surface area contributed by atoms with Crippen LogP contribution in [0.25, 0.3) is 0 Å². The highest BCUT2D eigenvalue weighted by atomic mass is 17.7. The van der Waals surface area contributed by atoms with Crippen LogP contribution in [0.4, 0.5) is 0 Å². The second kappa shape index (κ2) is 6.03. The average Bonchev–Trinajstić information content (AvgIpc) is 2.47. The summed E-state index contributed by atoms with van der Waals surface area (Å²) in [5, 5.41) is 9.35. The molecular weight excluding hydrogens is 248 g/mol. The van der Waals surface area contributed by atoms with Crippen LogP contribution >= 0.6 is 0 Å². The lowest BCUT2D eigenvalue weighted by molar-refractivity contribution is -0.723. The number of nitrogens with two attached hydrogens (primary N) is 2. The van der Waals surface area contributed by atoms with E-state index >= 15 is 0 Å². The van der Waals surface area contributed by atoms with E-state index in [9.17, 15) is 0 Å². The Morgan fingerprint density at radius 1 is 0.895 bits per heavy atom. The standard InChI is InChI=1S/C13H26N2O4/c1-3-10(14)13(11(15)4-2)12(16-18-19-17-13)8-6-5-7-9-12/h10-11H,3-9,14-15H2,1-2H3. The summed E-state index contributed by atoms with van der Waals surface area (Å²) >= 11 is 0. The SMILES string of the molecule is CCC(N)C1(C(N)CC)OOOOC12CCCCC2. The summed E-state index contributed by atoms with van der Waals surface area (Å²) < 4.78 is 0. The van der Waals surface area contributed by atoms with Crippen molar-refractivity contribution < 1.29 is 19.9 Å². The summed E-state index contributed by atoms with van der Waals surface area (Å²) in [6.45, 7) is 4.04. The molecule has 6 heteroatoms. The van der Waals surface area contributed by atoms with Gasteiger partial charge in [-0.2, -0.15) is 9.78 Å². The van der Waals surface area contributed by atoms with Crippen LogP contribution in [-0.2, 0) is 19.9 Å². The molecule has 0 radical (unpaired) electrons. The van der Waals surface area contributed by atoms with Crippen molar-refractivity contribution in [2.45, 2.75) is 82.1 Å². The first-order valence-electron chi connectivity index (χ1n) is 7.34. The molecule has 0 aromatic heterocycles. The second-order valence-electron chi connectivity index (χ2n) is 5.68. The second-order valence-corrected chi connectivity index (χ2v) is 5.68. The Labute approximate surface area is 114 Å². The Hall–Kier alpha value is -0.240. The largest absolute Gasteiger partial charge is 0.325 e. The molecule has 4 N–H and O–H groups in total. The van der Waals surface area contributed by atoms with Gasteiger partial charge in [-0.25, -0.2) is 0 Å². The number of rotatable bonds is 4. The quantitative estimate of drug-likeness (QED) is 0.759. The zero-order chi connectivity index (χ0) is 13.9. The molecule has 0 bridgehead atoms. The van der Waals surface area contributed by atoms with Gasteiger partial charge in [-0.05, 0) is 35.8 Å². The summed E-state index contributed by atoms with van der Waals surface area (Å²) in [5.41, 5.74) is 11.2. The topological polar surface area (TPSA) is 89.0 Å². The minimum atomic E-state index is -0.852. The molecule has 0 aromatic carbocycles. The lowest BCUT2D eigenvalue weighted by atomic mass is 9.65. The molecule has 2 fully saturated rings. The Morgan fingerprint density at radius 3 is 1.95 bits per heavy atom. The van der Waals surface area contributed by atoms with Crippen molar-refractivity contribution in [1.82, 2.24) is 0 Å². The number of hydrogen-bond acceptors (Lipinski definition) is 6. The van der Waals surface area contributed by atoms with Gasteiger partial charge in [0, 0.05) is 12.1 Å². The Bertz CT molecular complexity index is 276. The molecule has 2 atom stereocenters. The normalized spacial score (nSPS) is 34.1. The van der Waals surface area contributed by atoms with Crippen molar-refractivity contribution in [2.24, 2.45) is 11.5 Å². The van der Waals surface area contributed by atoms with E-state index in [4.69, 9.17) is 21.2 Å². The highest BCUT2D eigenvalue weighted by molar-refractivity contribution is 5.13. The fourth-order valence-electron chi connectivity index (χ4n) is 3.57. The molecule has 112 valence electrons. The van der Waals surface area contributed by atoms with Crippen molar-refractivity contribution in [3.63, 3.8) is 0 Å². The maximum atomic E-state index is 6.34. The molecule has 1 aliphatic heterocycles. The van der Waals surface area contributed by atoms with E-state index in [1.165, 1.54) is 6.42 Å². The molecule has 19 heavy (non-hydrogen) atoms. The van der Waals surface area contributed by atoms with Crippen LogP contribution < -0.4 is 11.5 Å². The van der Waals surface area contributed by atoms with Gasteiger partial charge in [-0.15, -0.1) is 0 Å². The van der Waals surface area contributed by atoms with Crippen molar-refractivity contribution in [2.75, 3.05) is 0 Å². The van der Waals surface area contributed by atoms with Gasteiger partial charge in [-0.3, -0.25) is 0 Å². The maximum Gasteiger partial charge on any atom is 0.169 e. The van der Waals surface area contributed by atoms with Gasteiger partial charge in [0.2, 0.25) is 0 Å². The third kappa shape index (κ3) is 2.30. The summed E-state index contributed by atoms with van der Waals surface area (Å²) in [5.74, 6) is 0. The number of hydrogen-bond donors (Lipinski definition) is 2. The average molecular weight is 274 g/mol. The fourth-order valence-corrected chi connectivity index (χ4v) is 3.57. The third-order valence-corrected chi connectivity index (χ3v) is 4.75. The highest BCUT2D eigenvalue weighted by Crippen LogP contribution is 2.48. The van der Waals surface area contributed by atoms with Crippen LogP contribution in [-0.4, -0.2) is 23.3 Å². The lowest BCUT2D eigenvalue weighted by Crippen LogP contribution is -2.75. The fraction of sp³-hybridized carbons (Fsp3) is 1.00. The maximum absolute atomic E-state index is 6.34. The van der Waals surface area contributed by atoms with E-state index in [0.29, 0.717) is 0 Å². The minimum absolute atomic E-state index is 0.260. The van der Waals surface area contributed by atoms with Crippen molar-refractivity contribution >= 4 is 0 Å². The molecule has 2 aliphatic rings. The van der Waals surface area contributed by atoms with E-state index in [1.54, 1.807) is 0 Å². The van der Waals surface area contributed by atoms with Gasteiger partial charge in [0.05, 0.1) is 0 Å². The van der Waals surface area contributed by atoms with Crippen LogP contribution in [0.1, 0.15) is 58.8 Å². The van der Waals surface area contributed by atoms with Gasteiger partial charge >= 0.3 is 0 Å². The molecule has 1 heterocycles. The van der Waals surface area contributed by atoms with E-state index in [-0.39, 0.29) is 12.1 Å². The molecule has 2 unspecified atom stereocenters. The smallest absolute Gasteiger partial charge is 0.169 e. The molecule has 6 nitrogen and oxygen atoms in total. The summed E-state index contributed by atoms with van der Waals surface area (Å²) in [7, 11) is 0. The van der Waals surface area contributed by atoms with Crippen molar-refractivity contribution in [3.8, 4) is 0 Å². The van der Waals surface area contributed by atoms with Gasteiger partial charge in [0.1, 0.15) is 5.60 Å². The van der Waals surface area contributed by atoms with E-state index in [1.807, 2.05) is 13.8 Å². The van der Waals surface area contributed by atoms with Crippen molar-refractivity contribution in [3.05, 3.63) is 0 Å². The molecule has 2 rings (SSSR count). The predicted molar refractivity (Wildman–Crippen MR) is 69.4 cm³/mol. The molecule has 1 saturated carbocycles. The zero-order valence-electron chi connectivity index (χ0n) is 11.9. The summed E-state index contributed by atoms with van der Waals surface area (Å²) in [6.07, 6.45) is 6.44. The minimum Gasteiger partial charge on any atom is -0.325 e. The molecular formula is C13H26N2O4.